The van der Waals surface area contributed by atoms with E-state index < -0.39 is 0 Å². The van der Waals surface area contributed by atoms with Gasteiger partial charge >= 0.3 is 0 Å². The first-order chi connectivity index (χ1) is 8.74. The van der Waals surface area contributed by atoms with E-state index in [0.717, 1.165) is 6.42 Å². The number of carbonyl (C=O) groups excluding carboxylic acids is 1. The molecule has 0 aromatic heterocycles. The number of hydrogen-bond acceptors (Lipinski definition) is 1. The molecule has 0 spiro atoms. The summed E-state index contributed by atoms with van der Waals surface area (Å²) in [5.74, 6) is 0.138. The van der Waals surface area contributed by atoms with Gasteiger partial charge in [-0.25, -0.2) is 0 Å². The molecule has 2 nitrogen and oxygen atoms in total. The molecule has 98 valence electrons. The van der Waals surface area contributed by atoms with E-state index in [1.54, 1.807) is 0 Å². The Morgan fingerprint density at radius 2 is 1.94 bits per heavy atom. The van der Waals surface area contributed by atoms with Crippen LogP contribution < -0.4 is 5.32 Å². The van der Waals surface area contributed by atoms with Gasteiger partial charge in [0.1, 0.15) is 0 Å². The second-order valence-electron chi connectivity index (χ2n) is 5.12. The van der Waals surface area contributed by atoms with Gasteiger partial charge in [-0.2, -0.15) is 0 Å². The van der Waals surface area contributed by atoms with E-state index in [1.807, 2.05) is 6.92 Å². The van der Waals surface area contributed by atoms with Gasteiger partial charge in [0.2, 0.25) is 5.91 Å². The molecule has 2 rings (SSSR count). The Hall–Kier alpha value is -1.31. The Morgan fingerprint density at radius 3 is 2.61 bits per heavy atom. The van der Waals surface area contributed by atoms with Crippen LogP contribution in [0.5, 0.6) is 0 Å². The van der Waals surface area contributed by atoms with Crippen molar-refractivity contribution >= 4 is 5.91 Å². The van der Waals surface area contributed by atoms with Crippen LogP contribution in [-0.2, 0) is 17.6 Å². The number of amides is 1. The van der Waals surface area contributed by atoms with Crippen molar-refractivity contribution in [1.29, 1.82) is 0 Å². The molecular weight excluding hydrogens is 222 g/mol. The molecule has 18 heavy (non-hydrogen) atoms. The quantitative estimate of drug-likeness (QED) is 0.863. The molecule has 1 aliphatic carbocycles. The summed E-state index contributed by atoms with van der Waals surface area (Å²) in [6, 6.07) is 6.92. The molecular formula is C16H23NO. The van der Waals surface area contributed by atoms with E-state index in [9.17, 15) is 4.79 Å². The maximum Gasteiger partial charge on any atom is 0.220 e. The number of nitrogens with one attached hydrogen (secondary N) is 1. The fourth-order valence-corrected chi connectivity index (χ4v) is 2.69. The molecule has 1 atom stereocenters. The van der Waals surface area contributed by atoms with Crippen molar-refractivity contribution in [1.82, 2.24) is 5.32 Å². The minimum absolute atomic E-state index is 0.138. The summed E-state index contributed by atoms with van der Waals surface area (Å²) in [6.45, 7) is 4.02. The number of benzene rings is 1. The molecule has 0 aliphatic heterocycles. The van der Waals surface area contributed by atoms with Crippen LogP contribution >= 0.6 is 0 Å². The van der Waals surface area contributed by atoms with E-state index in [2.05, 4.69) is 30.4 Å². The molecule has 2 heteroatoms. The molecule has 0 unspecified atom stereocenters. The van der Waals surface area contributed by atoms with Gasteiger partial charge in [-0.15, -0.1) is 0 Å². The molecule has 0 heterocycles. The maximum absolute atomic E-state index is 11.5. The van der Waals surface area contributed by atoms with E-state index >= 15 is 0 Å². The Labute approximate surface area is 110 Å². The average Bonchev–Trinajstić information content (AvgIpc) is 2.44. The highest BCUT2D eigenvalue weighted by Gasteiger charge is 2.15. The smallest absolute Gasteiger partial charge is 0.220 e. The van der Waals surface area contributed by atoms with Gasteiger partial charge in [0.15, 0.2) is 0 Å². The molecule has 1 aliphatic rings. The lowest BCUT2D eigenvalue weighted by molar-refractivity contribution is -0.121. The van der Waals surface area contributed by atoms with Gasteiger partial charge in [0.05, 0.1) is 6.04 Å². The average molecular weight is 245 g/mol. The largest absolute Gasteiger partial charge is 0.349 e. The SMILES string of the molecule is CCC(=O)N[C@@H](CC)c1ccc2c(c1)CCCC2. The molecule has 0 bridgehead atoms. The summed E-state index contributed by atoms with van der Waals surface area (Å²) in [6.07, 6.45) is 6.53. The van der Waals surface area contributed by atoms with Crippen LogP contribution in [0.2, 0.25) is 0 Å². The van der Waals surface area contributed by atoms with E-state index in [4.69, 9.17) is 0 Å². The van der Waals surface area contributed by atoms with Gasteiger partial charge < -0.3 is 5.32 Å². The first-order valence-corrected chi connectivity index (χ1v) is 7.15. The van der Waals surface area contributed by atoms with Crippen LogP contribution in [0.15, 0.2) is 18.2 Å². The Bertz CT molecular complexity index is 425. The van der Waals surface area contributed by atoms with E-state index in [1.165, 1.54) is 42.4 Å². The molecule has 0 saturated carbocycles. The van der Waals surface area contributed by atoms with Crippen molar-refractivity contribution in [3.05, 3.63) is 34.9 Å². The Balaban J connectivity index is 2.18. The number of aryl methyl sites for hydroxylation is 2. The number of fused-ring (bicyclic) bond motifs is 1. The lowest BCUT2D eigenvalue weighted by atomic mass is 9.89. The van der Waals surface area contributed by atoms with Crippen molar-refractivity contribution in [3.63, 3.8) is 0 Å². The topological polar surface area (TPSA) is 29.1 Å². The molecule has 0 fully saturated rings. The number of rotatable bonds is 4. The zero-order valence-corrected chi connectivity index (χ0v) is 11.5. The van der Waals surface area contributed by atoms with Crippen molar-refractivity contribution in [2.24, 2.45) is 0 Å². The Kier molecular flexibility index (Phi) is 4.40. The first kappa shape index (κ1) is 13.1. The lowest BCUT2D eigenvalue weighted by Gasteiger charge is -2.21. The standard InChI is InChI=1S/C16H23NO/c1-3-15(17-16(18)4-2)14-10-9-12-7-5-6-8-13(12)11-14/h9-11,15H,3-8H2,1-2H3,(H,17,18)/t15-/m0/s1. The summed E-state index contributed by atoms with van der Waals surface area (Å²) in [5, 5.41) is 3.10. The zero-order chi connectivity index (χ0) is 13.0. The molecule has 1 N–H and O–H groups in total. The predicted octanol–water partition coefficient (Wildman–Crippen LogP) is 3.54. The maximum atomic E-state index is 11.5. The van der Waals surface area contributed by atoms with Crippen LogP contribution in [0.4, 0.5) is 0 Å². The number of hydrogen-bond donors (Lipinski definition) is 1. The van der Waals surface area contributed by atoms with Crippen LogP contribution in [0, 0.1) is 0 Å². The molecule has 1 aromatic rings. The minimum atomic E-state index is 0.138. The summed E-state index contributed by atoms with van der Waals surface area (Å²) < 4.78 is 0. The van der Waals surface area contributed by atoms with Gasteiger partial charge in [-0.1, -0.05) is 32.0 Å². The van der Waals surface area contributed by atoms with Gasteiger partial charge in [-0.05, 0) is 48.8 Å². The Morgan fingerprint density at radius 1 is 1.22 bits per heavy atom. The normalized spacial score (nSPS) is 15.9. The van der Waals surface area contributed by atoms with E-state index in [0.29, 0.717) is 6.42 Å². The van der Waals surface area contributed by atoms with Gasteiger partial charge in [-0.3, -0.25) is 4.79 Å². The van der Waals surface area contributed by atoms with Gasteiger partial charge in [0, 0.05) is 6.42 Å². The highest BCUT2D eigenvalue weighted by atomic mass is 16.1. The zero-order valence-electron chi connectivity index (χ0n) is 11.5. The van der Waals surface area contributed by atoms with Crippen molar-refractivity contribution in [2.75, 3.05) is 0 Å². The van der Waals surface area contributed by atoms with Crippen LogP contribution in [0.25, 0.3) is 0 Å². The summed E-state index contributed by atoms with van der Waals surface area (Å²) >= 11 is 0. The monoisotopic (exact) mass is 245 g/mol. The van der Waals surface area contributed by atoms with E-state index in [-0.39, 0.29) is 11.9 Å². The van der Waals surface area contributed by atoms with Gasteiger partial charge in [0.25, 0.3) is 0 Å². The number of carbonyl (C=O) groups is 1. The fraction of sp³-hybridized carbons (Fsp3) is 0.562. The van der Waals surface area contributed by atoms with Crippen LogP contribution in [-0.4, -0.2) is 5.91 Å². The second-order valence-corrected chi connectivity index (χ2v) is 5.12. The predicted molar refractivity (Wildman–Crippen MR) is 74.5 cm³/mol. The van der Waals surface area contributed by atoms with Crippen molar-refractivity contribution in [2.45, 2.75) is 58.4 Å². The molecule has 1 amide bonds. The highest BCUT2D eigenvalue weighted by Crippen LogP contribution is 2.26. The third kappa shape index (κ3) is 2.92. The second kappa shape index (κ2) is 6.03. The minimum Gasteiger partial charge on any atom is -0.349 e. The molecule has 1 aromatic carbocycles. The van der Waals surface area contributed by atoms with Crippen LogP contribution in [0.3, 0.4) is 0 Å². The summed E-state index contributed by atoms with van der Waals surface area (Å²) in [7, 11) is 0. The molecule has 0 saturated heterocycles. The first-order valence-electron chi connectivity index (χ1n) is 7.15. The lowest BCUT2D eigenvalue weighted by Crippen LogP contribution is -2.27. The summed E-state index contributed by atoms with van der Waals surface area (Å²) in [5.41, 5.74) is 4.25. The van der Waals surface area contributed by atoms with Crippen LogP contribution in [0.1, 0.15) is 62.3 Å². The molecule has 0 radical (unpaired) electrons. The van der Waals surface area contributed by atoms with Crippen molar-refractivity contribution in [3.8, 4) is 0 Å². The summed E-state index contributed by atoms with van der Waals surface area (Å²) in [4.78, 5) is 11.5. The van der Waals surface area contributed by atoms with Crippen molar-refractivity contribution < 1.29 is 4.79 Å². The highest BCUT2D eigenvalue weighted by molar-refractivity contribution is 5.76. The third-order valence-corrected chi connectivity index (χ3v) is 3.84. The fourth-order valence-electron chi connectivity index (χ4n) is 2.69. The third-order valence-electron chi connectivity index (χ3n) is 3.84.